The molecule has 2 aromatic heterocycles. The van der Waals surface area contributed by atoms with E-state index in [9.17, 15) is 22.8 Å². The van der Waals surface area contributed by atoms with Crippen LogP contribution in [0.25, 0.3) is 5.69 Å². The van der Waals surface area contributed by atoms with Gasteiger partial charge in [-0.3, -0.25) is 9.59 Å². The molecule has 0 fully saturated rings. The van der Waals surface area contributed by atoms with Crippen molar-refractivity contribution in [2.24, 2.45) is 0 Å². The van der Waals surface area contributed by atoms with Crippen LogP contribution in [-0.4, -0.2) is 31.5 Å². The van der Waals surface area contributed by atoms with Gasteiger partial charge in [-0.15, -0.1) is 0 Å². The molecule has 4 rings (SSSR count). The summed E-state index contributed by atoms with van der Waals surface area (Å²) in [5, 5.41) is 0. The Morgan fingerprint density at radius 1 is 1.10 bits per heavy atom. The third-order valence-electron chi connectivity index (χ3n) is 5.35. The van der Waals surface area contributed by atoms with Crippen LogP contribution in [0.3, 0.4) is 0 Å². The van der Waals surface area contributed by atoms with Gasteiger partial charge in [0.1, 0.15) is 11.4 Å². The van der Waals surface area contributed by atoms with Gasteiger partial charge in [-0.1, -0.05) is 12.1 Å². The minimum Gasteiger partial charge on any atom is -0.329 e. The number of hydrogen-bond acceptors (Lipinski definition) is 3. The molecular weight excluding hydrogens is 397 g/mol. The first-order valence-corrected chi connectivity index (χ1v) is 9.40. The molecule has 0 bridgehead atoms. The summed E-state index contributed by atoms with van der Waals surface area (Å²) in [6, 6.07) is 7.53. The lowest BCUT2D eigenvalue weighted by Gasteiger charge is -2.34. The number of carbonyl (C=O) groups is 1. The zero-order chi connectivity index (χ0) is 21.6. The number of rotatable bonds is 3. The van der Waals surface area contributed by atoms with Gasteiger partial charge in [0.25, 0.3) is 11.5 Å². The van der Waals surface area contributed by atoms with Crippen molar-refractivity contribution < 1.29 is 18.0 Å². The summed E-state index contributed by atoms with van der Waals surface area (Å²) in [6.07, 6.45) is -1.20. The highest BCUT2D eigenvalue weighted by molar-refractivity contribution is 5.93. The molecule has 3 heterocycles. The van der Waals surface area contributed by atoms with Gasteiger partial charge in [-0.25, -0.2) is 4.98 Å². The second-order valence-corrected chi connectivity index (χ2v) is 7.28. The van der Waals surface area contributed by atoms with Gasteiger partial charge in [0.2, 0.25) is 0 Å². The van der Waals surface area contributed by atoms with Crippen LogP contribution in [0.5, 0.6) is 0 Å². The van der Waals surface area contributed by atoms with Crippen LogP contribution in [0.2, 0.25) is 0 Å². The van der Waals surface area contributed by atoms with Crippen LogP contribution in [0.1, 0.15) is 40.3 Å². The van der Waals surface area contributed by atoms with Crippen molar-refractivity contribution in [1.82, 2.24) is 19.0 Å². The van der Waals surface area contributed by atoms with E-state index in [1.54, 1.807) is 35.9 Å². The number of alkyl halides is 3. The summed E-state index contributed by atoms with van der Waals surface area (Å²) >= 11 is 0. The first-order chi connectivity index (χ1) is 14.2. The molecule has 6 nitrogen and oxygen atoms in total. The van der Waals surface area contributed by atoms with E-state index < -0.39 is 23.7 Å². The van der Waals surface area contributed by atoms with E-state index in [1.807, 2.05) is 6.92 Å². The van der Waals surface area contributed by atoms with Crippen LogP contribution in [0.4, 0.5) is 13.2 Å². The predicted molar refractivity (Wildman–Crippen MR) is 103 cm³/mol. The molecule has 30 heavy (non-hydrogen) atoms. The molecule has 1 aliphatic rings. The van der Waals surface area contributed by atoms with Gasteiger partial charge in [-0.05, 0) is 43.7 Å². The van der Waals surface area contributed by atoms with Crippen LogP contribution in [-0.2, 0) is 12.7 Å². The quantitative estimate of drug-likeness (QED) is 0.656. The van der Waals surface area contributed by atoms with E-state index in [1.165, 1.54) is 21.9 Å². The van der Waals surface area contributed by atoms with Gasteiger partial charge in [0.15, 0.2) is 0 Å². The summed E-state index contributed by atoms with van der Waals surface area (Å²) in [7, 11) is 0. The van der Waals surface area contributed by atoms with E-state index in [2.05, 4.69) is 4.98 Å². The normalized spacial score (nSPS) is 15.2. The van der Waals surface area contributed by atoms with E-state index in [0.29, 0.717) is 11.3 Å². The van der Waals surface area contributed by atoms with Crippen molar-refractivity contribution in [2.75, 3.05) is 6.54 Å². The minimum atomic E-state index is -4.45. The van der Waals surface area contributed by atoms with E-state index in [4.69, 9.17) is 0 Å². The second kappa shape index (κ2) is 7.16. The number of halogens is 3. The number of amides is 1. The van der Waals surface area contributed by atoms with Gasteiger partial charge < -0.3 is 14.0 Å². The molecule has 0 saturated heterocycles. The number of fused-ring (bicyclic) bond motifs is 1. The van der Waals surface area contributed by atoms with Gasteiger partial charge >= 0.3 is 6.18 Å². The number of carbonyl (C=O) groups excluding carboxylic acids is 1. The Balaban J connectivity index is 1.66. The highest BCUT2D eigenvalue weighted by Gasteiger charge is 2.33. The molecule has 3 aromatic rings. The standard InChI is InChI=1S/C21H19F3N4O2/c1-13-11-26(12-25-13)17-6-7-18-20(30)27(8-9-28(18)19(17)29)14(2)15-4-3-5-16(10-15)21(22,23)24/h3-7,10-12,14H,8-9H2,1-2H3. The van der Waals surface area contributed by atoms with Crippen LogP contribution in [0, 0.1) is 6.92 Å². The minimum absolute atomic E-state index is 0.214. The SMILES string of the molecule is Cc1cn(-c2ccc3n(c2=O)CCN(C(C)c2cccc(C(F)(F)F)c2)C3=O)cn1. The molecule has 1 aliphatic heterocycles. The van der Waals surface area contributed by atoms with Crippen molar-refractivity contribution in [2.45, 2.75) is 32.6 Å². The summed E-state index contributed by atoms with van der Waals surface area (Å²) in [4.78, 5) is 31.5. The molecule has 9 heteroatoms. The summed E-state index contributed by atoms with van der Waals surface area (Å²) in [5.74, 6) is -0.392. The van der Waals surface area contributed by atoms with Crippen LogP contribution >= 0.6 is 0 Å². The molecule has 156 valence electrons. The second-order valence-electron chi connectivity index (χ2n) is 7.28. The fourth-order valence-corrected chi connectivity index (χ4v) is 3.71. The molecule has 0 spiro atoms. The van der Waals surface area contributed by atoms with Crippen LogP contribution < -0.4 is 5.56 Å². The molecule has 0 radical (unpaired) electrons. The largest absolute Gasteiger partial charge is 0.416 e. The Bertz CT molecular complexity index is 1180. The molecule has 0 saturated carbocycles. The summed E-state index contributed by atoms with van der Waals surface area (Å²) < 4.78 is 42.1. The van der Waals surface area contributed by atoms with Crippen molar-refractivity contribution >= 4 is 5.91 Å². The van der Waals surface area contributed by atoms with E-state index in [-0.39, 0.29) is 24.3 Å². The highest BCUT2D eigenvalue weighted by atomic mass is 19.4. The van der Waals surface area contributed by atoms with E-state index >= 15 is 0 Å². The highest BCUT2D eigenvalue weighted by Crippen LogP contribution is 2.32. The Hall–Kier alpha value is -3.36. The summed E-state index contributed by atoms with van der Waals surface area (Å²) in [5.41, 5.74) is 0.670. The molecule has 1 atom stereocenters. The maximum atomic E-state index is 13.0. The number of aryl methyl sites for hydroxylation is 1. The maximum absolute atomic E-state index is 13.0. The molecule has 1 unspecified atom stereocenters. The zero-order valence-corrected chi connectivity index (χ0v) is 16.3. The number of aromatic nitrogens is 3. The fourth-order valence-electron chi connectivity index (χ4n) is 3.71. The number of hydrogen-bond donors (Lipinski definition) is 0. The monoisotopic (exact) mass is 416 g/mol. The zero-order valence-electron chi connectivity index (χ0n) is 16.3. The number of benzene rings is 1. The van der Waals surface area contributed by atoms with Crippen LogP contribution in [0.15, 0.2) is 53.7 Å². The van der Waals surface area contributed by atoms with Gasteiger partial charge in [0.05, 0.1) is 23.6 Å². The molecule has 1 aromatic carbocycles. The third kappa shape index (κ3) is 3.40. The molecule has 0 aliphatic carbocycles. The lowest BCUT2D eigenvalue weighted by Crippen LogP contribution is -2.45. The number of imidazole rings is 1. The summed E-state index contributed by atoms with van der Waals surface area (Å²) in [6.45, 7) is 3.97. The molecular formula is C21H19F3N4O2. The van der Waals surface area contributed by atoms with E-state index in [0.717, 1.165) is 17.8 Å². The van der Waals surface area contributed by atoms with Crippen molar-refractivity contribution in [3.8, 4) is 5.69 Å². The van der Waals surface area contributed by atoms with Gasteiger partial charge in [-0.2, -0.15) is 13.2 Å². The lowest BCUT2D eigenvalue weighted by molar-refractivity contribution is -0.137. The topological polar surface area (TPSA) is 60.1 Å². The fraction of sp³-hybridized carbons (Fsp3) is 0.286. The average molecular weight is 416 g/mol. The smallest absolute Gasteiger partial charge is 0.329 e. The Morgan fingerprint density at radius 3 is 2.53 bits per heavy atom. The first kappa shape index (κ1) is 19.9. The van der Waals surface area contributed by atoms with Crippen molar-refractivity contribution in [1.29, 1.82) is 0 Å². The van der Waals surface area contributed by atoms with Crippen molar-refractivity contribution in [3.05, 3.63) is 81.8 Å². The predicted octanol–water partition coefficient (Wildman–Crippen LogP) is 3.58. The van der Waals surface area contributed by atoms with Gasteiger partial charge in [0, 0.05) is 19.3 Å². The average Bonchev–Trinajstić information content (AvgIpc) is 3.14. The third-order valence-corrected chi connectivity index (χ3v) is 5.35. The Labute approximate surface area is 170 Å². The number of nitrogens with zero attached hydrogens (tertiary/aromatic N) is 4. The first-order valence-electron chi connectivity index (χ1n) is 9.40. The number of pyridine rings is 1. The maximum Gasteiger partial charge on any atom is 0.416 e. The van der Waals surface area contributed by atoms with Crippen molar-refractivity contribution in [3.63, 3.8) is 0 Å². The lowest BCUT2D eigenvalue weighted by atomic mass is 10.0. The molecule has 0 N–H and O–H groups in total. The Morgan fingerprint density at radius 2 is 1.87 bits per heavy atom. The Kier molecular flexibility index (Phi) is 4.76. The molecule has 1 amide bonds.